The van der Waals surface area contributed by atoms with Gasteiger partial charge in [-0.2, -0.15) is 0 Å². The van der Waals surface area contributed by atoms with Gasteiger partial charge in [0.1, 0.15) is 18.2 Å². The Balaban J connectivity index is 1.66. The highest BCUT2D eigenvalue weighted by Crippen LogP contribution is 2.15. The summed E-state index contributed by atoms with van der Waals surface area (Å²) in [5.74, 6) is 0.505. The molecular formula is C15H13BrFNO2. The smallest absolute Gasteiger partial charge is 0.151 e. The Bertz CT molecular complexity index is 555. The van der Waals surface area contributed by atoms with Gasteiger partial charge in [0.2, 0.25) is 0 Å². The molecule has 0 fully saturated rings. The summed E-state index contributed by atoms with van der Waals surface area (Å²) in [6.45, 7) is 0.746. The molecule has 0 aliphatic heterocycles. The summed E-state index contributed by atoms with van der Waals surface area (Å²) in [6, 6.07) is 13.5. The minimum Gasteiger partial charge on any atom is -0.490 e. The monoisotopic (exact) mass is 337 g/mol. The van der Waals surface area contributed by atoms with Crippen LogP contribution in [0.4, 0.5) is 4.39 Å². The van der Waals surface area contributed by atoms with E-state index in [0.29, 0.717) is 13.2 Å². The van der Waals surface area contributed by atoms with Crippen molar-refractivity contribution >= 4 is 22.1 Å². The first kappa shape index (κ1) is 14.5. The number of nitrogens with zero attached hydrogens (tertiary/aromatic N) is 1. The van der Waals surface area contributed by atoms with E-state index in [1.54, 1.807) is 12.1 Å². The highest BCUT2D eigenvalue weighted by atomic mass is 79.9. The van der Waals surface area contributed by atoms with Crippen molar-refractivity contribution in [1.82, 2.24) is 0 Å². The average molecular weight is 338 g/mol. The molecule has 0 unspecified atom stereocenters. The lowest BCUT2D eigenvalue weighted by atomic mass is 10.2. The van der Waals surface area contributed by atoms with E-state index >= 15 is 0 Å². The molecule has 0 saturated heterocycles. The number of benzene rings is 2. The molecule has 0 spiro atoms. The zero-order valence-electron chi connectivity index (χ0n) is 10.6. The zero-order chi connectivity index (χ0) is 14.2. The first-order valence-electron chi connectivity index (χ1n) is 6.03. The van der Waals surface area contributed by atoms with Gasteiger partial charge in [-0.3, -0.25) is 0 Å². The molecule has 2 aromatic carbocycles. The van der Waals surface area contributed by atoms with Gasteiger partial charge in [0.05, 0.1) is 6.21 Å². The van der Waals surface area contributed by atoms with Crippen molar-refractivity contribution in [3.63, 3.8) is 0 Å². The van der Waals surface area contributed by atoms with Crippen molar-refractivity contribution in [2.24, 2.45) is 5.16 Å². The number of ether oxygens (including phenoxy) is 1. The van der Waals surface area contributed by atoms with Crippen molar-refractivity contribution in [3.05, 3.63) is 64.4 Å². The van der Waals surface area contributed by atoms with Gasteiger partial charge in [0, 0.05) is 4.47 Å². The first-order chi connectivity index (χ1) is 9.74. The summed E-state index contributed by atoms with van der Waals surface area (Å²) in [5.41, 5.74) is 0.778. The van der Waals surface area contributed by atoms with Gasteiger partial charge in [0.15, 0.2) is 6.61 Å². The maximum Gasteiger partial charge on any atom is 0.151 e. The number of hydrogen-bond donors (Lipinski definition) is 0. The van der Waals surface area contributed by atoms with Crippen molar-refractivity contribution in [2.75, 3.05) is 13.2 Å². The molecule has 2 rings (SSSR count). The predicted octanol–water partition coefficient (Wildman–Crippen LogP) is 4.02. The Kier molecular flexibility index (Phi) is 5.55. The second-order valence-electron chi connectivity index (χ2n) is 3.92. The van der Waals surface area contributed by atoms with Crippen LogP contribution in [0.1, 0.15) is 5.56 Å². The van der Waals surface area contributed by atoms with Crippen LogP contribution < -0.4 is 4.74 Å². The Hall–Kier alpha value is -1.88. The van der Waals surface area contributed by atoms with Crippen LogP contribution >= 0.6 is 15.9 Å². The van der Waals surface area contributed by atoms with Gasteiger partial charge < -0.3 is 9.57 Å². The predicted molar refractivity (Wildman–Crippen MR) is 79.6 cm³/mol. The molecule has 0 amide bonds. The molecule has 0 aliphatic carbocycles. The van der Waals surface area contributed by atoms with Crippen LogP contribution in [0.2, 0.25) is 0 Å². The van der Waals surface area contributed by atoms with E-state index < -0.39 is 0 Å². The van der Waals surface area contributed by atoms with E-state index in [9.17, 15) is 4.39 Å². The lowest BCUT2D eigenvalue weighted by Gasteiger charge is -2.04. The van der Waals surface area contributed by atoms with E-state index in [-0.39, 0.29) is 5.82 Å². The second kappa shape index (κ2) is 7.65. The maximum atomic E-state index is 12.7. The van der Waals surface area contributed by atoms with E-state index in [2.05, 4.69) is 21.1 Å². The summed E-state index contributed by atoms with van der Waals surface area (Å²) >= 11 is 3.35. The van der Waals surface area contributed by atoms with Crippen LogP contribution in [0, 0.1) is 5.82 Å². The third-order valence-electron chi connectivity index (χ3n) is 2.40. The zero-order valence-corrected chi connectivity index (χ0v) is 12.2. The van der Waals surface area contributed by atoms with E-state index in [0.717, 1.165) is 15.8 Å². The van der Waals surface area contributed by atoms with Crippen LogP contribution in [-0.2, 0) is 4.84 Å². The molecule has 2 aromatic rings. The lowest BCUT2D eigenvalue weighted by molar-refractivity contribution is 0.108. The van der Waals surface area contributed by atoms with Crippen molar-refractivity contribution in [1.29, 1.82) is 0 Å². The number of hydrogen-bond acceptors (Lipinski definition) is 3. The number of rotatable bonds is 6. The molecule has 0 aromatic heterocycles. The molecule has 5 heteroatoms. The van der Waals surface area contributed by atoms with Crippen molar-refractivity contribution in [3.8, 4) is 5.75 Å². The number of oxime groups is 1. The van der Waals surface area contributed by atoms with Crippen molar-refractivity contribution < 1.29 is 14.0 Å². The SMILES string of the molecule is Fc1ccc(/C=N/OCCOc2ccc(Br)cc2)cc1. The van der Waals surface area contributed by atoms with Gasteiger partial charge in [-0.25, -0.2) is 4.39 Å². The maximum absolute atomic E-state index is 12.7. The lowest BCUT2D eigenvalue weighted by Crippen LogP contribution is -2.04. The topological polar surface area (TPSA) is 30.8 Å². The minimum atomic E-state index is -0.272. The summed E-state index contributed by atoms with van der Waals surface area (Å²) in [4.78, 5) is 5.05. The molecule has 0 radical (unpaired) electrons. The fourth-order valence-electron chi connectivity index (χ4n) is 1.43. The van der Waals surface area contributed by atoms with Gasteiger partial charge in [-0.05, 0) is 42.0 Å². The summed E-state index contributed by atoms with van der Waals surface area (Å²) in [7, 11) is 0. The first-order valence-corrected chi connectivity index (χ1v) is 6.82. The molecule has 3 nitrogen and oxygen atoms in total. The summed E-state index contributed by atoms with van der Waals surface area (Å²) in [5, 5.41) is 3.78. The Labute approximate surface area is 125 Å². The van der Waals surface area contributed by atoms with E-state index in [1.165, 1.54) is 18.3 Å². The molecule has 0 heterocycles. The molecule has 0 aliphatic rings. The fraction of sp³-hybridized carbons (Fsp3) is 0.133. The quantitative estimate of drug-likeness (QED) is 0.453. The van der Waals surface area contributed by atoms with Crippen LogP contribution in [0.25, 0.3) is 0 Å². The van der Waals surface area contributed by atoms with Gasteiger partial charge in [-0.15, -0.1) is 0 Å². The molecule has 0 N–H and O–H groups in total. The number of halogens is 2. The summed E-state index contributed by atoms with van der Waals surface area (Å²) in [6.07, 6.45) is 1.53. The van der Waals surface area contributed by atoms with Crippen LogP contribution in [0.15, 0.2) is 58.2 Å². The average Bonchev–Trinajstić information content (AvgIpc) is 2.46. The second-order valence-corrected chi connectivity index (χ2v) is 4.84. The van der Waals surface area contributed by atoms with Crippen molar-refractivity contribution in [2.45, 2.75) is 0 Å². The van der Waals surface area contributed by atoms with Gasteiger partial charge >= 0.3 is 0 Å². The molecular weight excluding hydrogens is 325 g/mol. The minimum absolute atomic E-state index is 0.272. The fourth-order valence-corrected chi connectivity index (χ4v) is 1.69. The Morgan fingerprint density at radius 1 is 1.00 bits per heavy atom. The van der Waals surface area contributed by atoms with Crippen LogP contribution in [-0.4, -0.2) is 19.4 Å². The largest absolute Gasteiger partial charge is 0.490 e. The Morgan fingerprint density at radius 3 is 2.40 bits per heavy atom. The molecule has 0 saturated carbocycles. The Morgan fingerprint density at radius 2 is 1.70 bits per heavy atom. The van der Waals surface area contributed by atoms with E-state index in [4.69, 9.17) is 9.57 Å². The normalized spacial score (nSPS) is 10.7. The highest BCUT2D eigenvalue weighted by molar-refractivity contribution is 9.10. The third kappa shape index (κ3) is 5.01. The standard InChI is InChI=1S/C15H13BrFNO2/c16-13-3-7-15(8-4-13)19-9-10-20-18-11-12-1-5-14(17)6-2-12/h1-8,11H,9-10H2/b18-11+. The van der Waals surface area contributed by atoms with E-state index in [1.807, 2.05) is 24.3 Å². The molecule has 0 atom stereocenters. The van der Waals surface area contributed by atoms with Crippen LogP contribution in [0.3, 0.4) is 0 Å². The van der Waals surface area contributed by atoms with Crippen LogP contribution in [0.5, 0.6) is 5.75 Å². The molecule has 104 valence electrons. The third-order valence-corrected chi connectivity index (χ3v) is 2.93. The van der Waals surface area contributed by atoms with Gasteiger partial charge in [0.25, 0.3) is 0 Å². The van der Waals surface area contributed by atoms with Gasteiger partial charge in [-0.1, -0.05) is 33.2 Å². The molecule has 0 bridgehead atoms. The molecule has 20 heavy (non-hydrogen) atoms. The summed E-state index contributed by atoms with van der Waals surface area (Å²) < 4.78 is 19.1. The highest BCUT2D eigenvalue weighted by Gasteiger charge is 1.94.